The molecule has 1 unspecified atom stereocenters. The first kappa shape index (κ1) is 14.5. The molecule has 17 heavy (non-hydrogen) atoms. The van der Waals surface area contributed by atoms with E-state index < -0.39 is 0 Å². The number of carbonyl (C=O) groups is 1. The van der Waals surface area contributed by atoms with Crippen molar-refractivity contribution in [2.45, 2.75) is 26.7 Å². The number of nitrogens with zero attached hydrogens (tertiary/aromatic N) is 1. The summed E-state index contributed by atoms with van der Waals surface area (Å²) in [5.74, 6) is 1.48. The molecule has 0 bridgehead atoms. The summed E-state index contributed by atoms with van der Waals surface area (Å²) in [6.45, 7) is 8.89. The SMILES string of the molecule is CC(C)CCNC(=O)CNCC1CCN(C)C1. The summed E-state index contributed by atoms with van der Waals surface area (Å²) < 4.78 is 0. The van der Waals surface area contributed by atoms with E-state index in [2.05, 4.69) is 36.4 Å². The van der Waals surface area contributed by atoms with E-state index in [1.807, 2.05) is 0 Å². The lowest BCUT2D eigenvalue weighted by molar-refractivity contribution is -0.120. The third-order valence-electron chi connectivity index (χ3n) is 3.25. The largest absolute Gasteiger partial charge is 0.355 e. The highest BCUT2D eigenvalue weighted by Gasteiger charge is 2.18. The molecule has 0 aromatic rings. The van der Waals surface area contributed by atoms with E-state index in [9.17, 15) is 4.79 Å². The van der Waals surface area contributed by atoms with Crippen LogP contribution in [0.3, 0.4) is 0 Å². The van der Waals surface area contributed by atoms with Gasteiger partial charge in [0.25, 0.3) is 0 Å². The Bertz CT molecular complexity index is 231. The molecule has 1 rings (SSSR count). The molecule has 1 heterocycles. The van der Waals surface area contributed by atoms with E-state index >= 15 is 0 Å². The maximum atomic E-state index is 11.5. The van der Waals surface area contributed by atoms with Gasteiger partial charge in [-0.25, -0.2) is 0 Å². The number of likely N-dealkylation sites (tertiary alicyclic amines) is 1. The highest BCUT2D eigenvalue weighted by molar-refractivity contribution is 5.77. The Hall–Kier alpha value is -0.610. The van der Waals surface area contributed by atoms with E-state index in [1.165, 1.54) is 13.0 Å². The summed E-state index contributed by atoms with van der Waals surface area (Å²) in [4.78, 5) is 13.8. The van der Waals surface area contributed by atoms with E-state index in [1.54, 1.807) is 0 Å². The average molecular weight is 241 g/mol. The quantitative estimate of drug-likeness (QED) is 0.689. The van der Waals surface area contributed by atoms with Crippen molar-refractivity contribution in [2.24, 2.45) is 11.8 Å². The fourth-order valence-electron chi connectivity index (χ4n) is 2.15. The number of hydrogen-bond acceptors (Lipinski definition) is 3. The molecular weight excluding hydrogens is 214 g/mol. The lowest BCUT2D eigenvalue weighted by atomic mass is 10.1. The Morgan fingerprint density at radius 1 is 1.47 bits per heavy atom. The van der Waals surface area contributed by atoms with E-state index in [4.69, 9.17) is 0 Å². The zero-order valence-electron chi connectivity index (χ0n) is 11.5. The molecule has 4 nitrogen and oxygen atoms in total. The highest BCUT2D eigenvalue weighted by Crippen LogP contribution is 2.12. The Morgan fingerprint density at radius 3 is 2.82 bits per heavy atom. The molecule has 0 aromatic heterocycles. The predicted molar refractivity (Wildman–Crippen MR) is 70.9 cm³/mol. The summed E-state index contributed by atoms with van der Waals surface area (Å²) in [6.07, 6.45) is 2.30. The lowest BCUT2D eigenvalue weighted by Gasteiger charge is -2.12. The van der Waals surface area contributed by atoms with Crippen molar-refractivity contribution in [1.29, 1.82) is 0 Å². The first-order valence-electron chi connectivity index (χ1n) is 6.74. The van der Waals surface area contributed by atoms with Crippen molar-refractivity contribution in [3.63, 3.8) is 0 Å². The molecule has 1 aliphatic rings. The normalized spacial score (nSPS) is 21.1. The number of amides is 1. The molecule has 0 saturated carbocycles. The van der Waals surface area contributed by atoms with Gasteiger partial charge in [0.05, 0.1) is 6.54 Å². The fourth-order valence-corrected chi connectivity index (χ4v) is 2.15. The van der Waals surface area contributed by atoms with Crippen molar-refractivity contribution in [3.8, 4) is 0 Å². The summed E-state index contributed by atoms with van der Waals surface area (Å²) in [5, 5.41) is 6.18. The van der Waals surface area contributed by atoms with Crippen LogP contribution >= 0.6 is 0 Å². The first-order chi connectivity index (χ1) is 8.08. The highest BCUT2D eigenvalue weighted by atomic mass is 16.1. The van der Waals surface area contributed by atoms with Crippen LogP contribution in [0, 0.1) is 11.8 Å². The second kappa shape index (κ2) is 7.67. The van der Waals surface area contributed by atoms with Crippen molar-refractivity contribution in [3.05, 3.63) is 0 Å². The van der Waals surface area contributed by atoms with E-state index in [0.717, 1.165) is 26.1 Å². The summed E-state index contributed by atoms with van der Waals surface area (Å²) in [7, 11) is 2.15. The molecule has 2 N–H and O–H groups in total. The Kier molecular flexibility index (Phi) is 6.52. The third kappa shape index (κ3) is 6.64. The van der Waals surface area contributed by atoms with E-state index in [-0.39, 0.29) is 5.91 Å². The molecule has 100 valence electrons. The molecule has 0 spiro atoms. The zero-order chi connectivity index (χ0) is 12.7. The van der Waals surface area contributed by atoms with Gasteiger partial charge in [-0.15, -0.1) is 0 Å². The van der Waals surface area contributed by atoms with Gasteiger partial charge in [-0.05, 0) is 44.8 Å². The van der Waals surface area contributed by atoms with Gasteiger partial charge in [0.15, 0.2) is 0 Å². The van der Waals surface area contributed by atoms with Crippen LogP contribution in [0.4, 0.5) is 0 Å². The predicted octanol–water partition coefficient (Wildman–Crippen LogP) is 0.690. The average Bonchev–Trinajstić information content (AvgIpc) is 2.63. The van der Waals surface area contributed by atoms with Crippen LogP contribution in [0.5, 0.6) is 0 Å². The molecule has 1 amide bonds. The van der Waals surface area contributed by atoms with Crippen molar-refractivity contribution < 1.29 is 4.79 Å². The number of hydrogen-bond donors (Lipinski definition) is 2. The minimum atomic E-state index is 0.122. The van der Waals surface area contributed by atoms with Gasteiger partial charge in [-0.3, -0.25) is 4.79 Å². The van der Waals surface area contributed by atoms with Crippen molar-refractivity contribution in [1.82, 2.24) is 15.5 Å². The zero-order valence-corrected chi connectivity index (χ0v) is 11.5. The maximum absolute atomic E-state index is 11.5. The minimum Gasteiger partial charge on any atom is -0.355 e. The number of nitrogens with one attached hydrogen (secondary N) is 2. The molecule has 1 aliphatic heterocycles. The Morgan fingerprint density at radius 2 is 2.24 bits per heavy atom. The van der Waals surface area contributed by atoms with Crippen LogP contribution in [0.1, 0.15) is 26.7 Å². The lowest BCUT2D eigenvalue weighted by Crippen LogP contribution is -2.37. The van der Waals surface area contributed by atoms with Crippen LogP contribution in [0.15, 0.2) is 0 Å². The summed E-state index contributed by atoms with van der Waals surface area (Å²) in [5.41, 5.74) is 0. The van der Waals surface area contributed by atoms with Gasteiger partial charge in [-0.1, -0.05) is 13.8 Å². The molecule has 1 fully saturated rings. The van der Waals surface area contributed by atoms with Crippen LogP contribution in [0.25, 0.3) is 0 Å². The standard InChI is InChI=1S/C13H27N3O/c1-11(2)4-6-15-13(17)9-14-8-12-5-7-16(3)10-12/h11-12,14H,4-10H2,1-3H3,(H,15,17). The van der Waals surface area contributed by atoms with Crippen LogP contribution < -0.4 is 10.6 Å². The van der Waals surface area contributed by atoms with E-state index in [0.29, 0.717) is 18.4 Å². The second-order valence-electron chi connectivity index (χ2n) is 5.58. The van der Waals surface area contributed by atoms with Gasteiger partial charge >= 0.3 is 0 Å². The van der Waals surface area contributed by atoms with Crippen molar-refractivity contribution in [2.75, 3.05) is 39.8 Å². The molecule has 0 radical (unpaired) electrons. The van der Waals surface area contributed by atoms with Gasteiger partial charge in [0.2, 0.25) is 5.91 Å². The van der Waals surface area contributed by atoms with Gasteiger partial charge < -0.3 is 15.5 Å². The summed E-state index contributed by atoms with van der Waals surface area (Å²) in [6, 6.07) is 0. The number of rotatable bonds is 7. The Balaban J connectivity index is 1.96. The Labute approximate surface area is 105 Å². The van der Waals surface area contributed by atoms with Gasteiger partial charge in [0.1, 0.15) is 0 Å². The maximum Gasteiger partial charge on any atom is 0.233 e. The monoisotopic (exact) mass is 241 g/mol. The molecule has 0 aromatic carbocycles. The molecule has 4 heteroatoms. The van der Waals surface area contributed by atoms with Gasteiger partial charge in [-0.2, -0.15) is 0 Å². The van der Waals surface area contributed by atoms with Crippen LogP contribution in [-0.4, -0.2) is 50.6 Å². The second-order valence-corrected chi connectivity index (χ2v) is 5.58. The molecule has 1 atom stereocenters. The smallest absolute Gasteiger partial charge is 0.233 e. The molecule has 0 aliphatic carbocycles. The minimum absolute atomic E-state index is 0.122. The summed E-state index contributed by atoms with van der Waals surface area (Å²) >= 11 is 0. The topological polar surface area (TPSA) is 44.4 Å². The fraction of sp³-hybridized carbons (Fsp3) is 0.923. The van der Waals surface area contributed by atoms with Crippen LogP contribution in [0.2, 0.25) is 0 Å². The molecule has 1 saturated heterocycles. The van der Waals surface area contributed by atoms with Crippen LogP contribution in [-0.2, 0) is 4.79 Å². The molecular formula is C13H27N3O. The first-order valence-corrected chi connectivity index (χ1v) is 6.74. The third-order valence-corrected chi connectivity index (χ3v) is 3.25. The van der Waals surface area contributed by atoms with Crippen molar-refractivity contribution >= 4 is 5.91 Å². The van der Waals surface area contributed by atoms with Gasteiger partial charge in [0, 0.05) is 13.1 Å². The number of carbonyl (C=O) groups excluding carboxylic acids is 1.